The summed E-state index contributed by atoms with van der Waals surface area (Å²) in [6.45, 7) is 2.30. The van der Waals surface area contributed by atoms with Gasteiger partial charge in [-0.05, 0) is 0 Å². The average Bonchev–Trinajstić information content (AvgIpc) is 2.39. The molecule has 0 aromatic heterocycles. The Morgan fingerprint density at radius 2 is 0.833 bits per heavy atom. The zero-order chi connectivity index (χ0) is 13.3. The molecule has 0 nitrogen and oxygen atoms in total. The molecular formula is C17H36Te. The van der Waals surface area contributed by atoms with Crippen molar-refractivity contribution >= 4 is 20.9 Å². The molecule has 18 heavy (non-hydrogen) atoms. The summed E-state index contributed by atoms with van der Waals surface area (Å²) >= 11 is 0.418. The van der Waals surface area contributed by atoms with Gasteiger partial charge < -0.3 is 0 Å². The molecule has 0 radical (unpaired) electrons. The molecule has 0 rings (SSSR count). The van der Waals surface area contributed by atoms with Crippen molar-refractivity contribution in [1.29, 1.82) is 0 Å². The van der Waals surface area contributed by atoms with E-state index in [4.69, 9.17) is 0 Å². The Balaban J connectivity index is 2.86. The molecule has 0 fully saturated rings. The zero-order valence-corrected chi connectivity index (χ0v) is 15.3. The van der Waals surface area contributed by atoms with E-state index in [0.29, 0.717) is 20.9 Å². The minimum absolute atomic E-state index is 0.418. The van der Waals surface area contributed by atoms with Gasteiger partial charge in [0.15, 0.2) is 0 Å². The Labute approximate surface area is 127 Å². The van der Waals surface area contributed by atoms with Crippen LogP contribution in [-0.4, -0.2) is 20.9 Å². The predicted octanol–water partition coefficient (Wildman–Crippen LogP) is 6.64. The van der Waals surface area contributed by atoms with Crippen LogP contribution in [0, 0.1) is 0 Å². The van der Waals surface area contributed by atoms with E-state index in [1.165, 1.54) is 89.9 Å². The van der Waals surface area contributed by atoms with Crippen LogP contribution in [0.5, 0.6) is 0 Å². The number of rotatable bonds is 15. The maximum atomic E-state index is 2.42. The van der Waals surface area contributed by atoms with Gasteiger partial charge in [0.2, 0.25) is 0 Å². The van der Waals surface area contributed by atoms with Gasteiger partial charge in [-0.1, -0.05) is 26.2 Å². The molecule has 0 heterocycles. The Kier molecular flexibility index (Phi) is 18.6. The van der Waals surface area contributed by atoms with Gasteiger partial charge in [-0.3, -0.25) is 0 Å². The van der Waals surface area contributed by atoms with E-state index in [1.54, 1.807) is 4.47 Å². The van der Waals surface area contributed by atoms with Crippen molar-refractivity contribution < 1.29 is 0 Å². The number of hydrogen-bond donors (Lipinski definition) is 0. The van der Waals surface area contributed by atoms with Gasteiger partial charge in [0.05, 0.1) is 0 Å². The van der Waals surface area contributed by atoms with Crippen LogP contribution in [0.1, 0.15) is 96.8 Å². The van der Waals surface area contributed by atoms with Crippen molar-refractivity contribution in [3.63, 3.8) is 0 Å². The maximum absolute atomic E-state index is 2.42. The van der Waals surface area contributed by atoms with Gasteiger partial charge in [0.25, 0.3) is 0 Å². The summed E-state index contributed by atoms with van der Waals surface area (Å²) in [5.41, 5.74) is 0. The molecule has 0 atom stereocenters. The summed E-state index contributed by atoms with van der Waals surface area (Å²) in [7, 11) is 0. The first-order chi connectivity index (χ1) is 8.91. The summed E-state index contributed by atoms with van der Waals surface area (Å²) in [4.78, 5) is 2.42. The van der Waals surface area contributed by atoms with E-state index < -0.39 is 0 Å². The fourth-order valence-electron chi connectivity index (χ4n) is 2.44. The third kappa shape index (κ3) is 16.8. The van der Waals surface area contributed by atoms with E-state index >= 15 is 0 Å². The van der Waals surface area contributed by atoms with Crippen LogP contribution < -0.4 is 0 Å². The van der Waals surface area contributed by atoms with Crippen molar-refractivity contribution in [3.8, 4) is 0 Å². The molecule has 0 aliphatic heterocycles. The molecule has 0 amide bonds. The summed E-state index contributed by atoms with van der Waals surface area (Å²) in [6, 6.07) is 0. The summed E-state index contributed by atoms with van der Waals surface area (Å²) in [5, 5.41) is 0. The molecule has 0 aromatic rings. The molecule has 0 saturated carbocycles. The Morgan fingerprint density at radius 3 is 1.17 bits per heavy atom. The van der Waals surface area contributed by atoms with Crippen molar-refractivity contribution in [2.75, 3.05) is 0 Å². The van der Waals surface area contributed by atoms with E-state index in [-0.39, 0.29) is 0 Å². The second kappa shape index (κ2) is 17.8. The van der Waals surface area contributed by atoms with E-state index in [0.717, 1.165) is 0 Å². The van der Waals surface area contributed by atoms with Crippen molar-refractivity contribution in [3.05, 3.63) is 0 Å². The van der Waals surface area contributed by atoms with Gasteiger partial charge in [-0.15, -0.1) is 0 Å². The van der Waals surface area contributed by atoms with E-state index in [9.17, 15) is 0 Å². The second-order valence-corrected chi connectivity index (χ2v) is 8.40. The fraction of sp³-hybridized carbons (Fsp3) is 1.00. The average molecular weight is 368 g/mol. The molecule has 0 unspecified atom stereocenters. The van der Waals surface area contributed by atoms with Crippen molar-refractivity contribution in [2.45, 2.75) is 106 Å². The van der Waals surface area contributed by atoms with Gasteiger partial charge >= 0.3 is 101 Å². The molecule has 0 saturated heterocycles. The molecule has 0 spiro atoms. The number of unbranched alkanes of at least 4 members (excludes halogenated alkanes) is 13. The molecule has 0 aliphatic rings. The standard InChI is InChI=1S/C17H36Te/c1-3-4-5-6-7-8-9-10-11-12-13-14-15-16-17-18-2/h3-17H2,1-2H3. The van der Waals surface area contributed by atoms with Gasteiger partial charge in [0.1, 0.15) is 0 Å². The Morgan fingerprint density at radius 1 is 0.500 bits per heavy atom. The van der Waals surface area contributed by atoms with Crippen LogP contribution in [0.15, 0.2) is 0 Å². The quantitative estimate of drug-likeness (QED) is 0.225. The van der Waals surface area contributed by atoms with Crippen LogP contribution in [0.3, 0.4) is 0 Å². The predicted molar refractivity (Wildman–Crippen MR) is 86.7 cm³/mol. The van der Waals surface area contributed by atoms with Crippen LogP contribution in [0.25, 0.3) is 0 Å². The summed E-state index contributed by atoms with van der Waals surface area (Å²) in [6.07, 6.45) is 20.8. The molecule has 0 N–H and O–H groups in total. The van der Waals surface area contributed by atoms with Gasteiger partial charge in [-0.25, -0.2) is 0 Å². The minimum atomic E-state index is 0.418. The third-order valence-electron chi connectivity index (χ3n) is 3.70. The Hall–Kier alpha value is 0.790. The van der Waals surface area contributed by atoms with Gasteiger partial charge in [-0.2, -0.15) is 0 Å². The summed E-state index contributed by atoms with van der Waals surface area (Å²) in [5.74, 6) is 0. The van der Waals surface area contributed by atoms with Crippen LogP contribution in [0.4, 0.5) is 0 Å². The van der Waals surface area contributed by atoms with Gasteiger partial charge in [0, 0.05) is 0 Å². The number of hydrogen-bond acceptors (Lipinski definition) is 0. The molecular weight excluding hydrogens is 332 g/mol. The van der Waals surface area contributed by atoms with E-state index in [1.807, 2.05) is 0 Å². The molecule has 110 valence electrons. The third-order valence-corrected chi connectivity index (χ3v) is 5.69. The van der Waals surface area contributed by atoms with Crippen molar-refractivity contribution in [2.24, 2.45) is 0 Å². The van der Waals surface area contributed by atoms with Crippen LogP contribution >= 0.6 is 0 Å². The first-order valence-electron chi connectivity index (χ1n) is 8.40. The van der Waals surface area contributed by atoms with Crippen LogP contribution in [0.2, 0.25) is 9.44 Å². The monoisotopic (exact) mass is 370 g/mol. The first kappa shape index (κ1) is 18.8. The normalized spacial score (nSPS) is 11.0. The first-order valence-corrected chi connectivity index (χ1v) is 12.4. The second-order valence-electron chi connectivity index (χ2n) is 5.59. The molecule has 0 aliphatic carbocycles. The Bertz CT molecular complexity index is 118. The SMILES string of the molecule is CCCCCCCCCCCCCCCC[Te]C. The topological polar surface area (TPSA) is 0 Å². The molecule has 0 bridgehead atoms. The fourth-order valence-corrected chi connectivity index (χ4v) is 3.85. The van der Waals surface area contributed by atoms with E-state index in [2.05, 4.69) is 11.9 Å². The molecule has 0 aromatic carbocycles. The molecule has 1 heteroatoms. The zero-order valence-electron chi connectivity index (χ0n) is 13.0. The van der Waals surface area contributed by atoms with Crippen molar-refractivity contribution in [1.82, 2.24) is 0 Å². The van der Waals surface area contributed by atoms with Crippen LogP contribution in [-0.2, 0) is 0 Å². The summed E-state index contributed by atoms with van der Waals surface area (Å²) < 4.78 is 1.57.